The van der Waals surface area contributed by atoms with Gasteiger partial charge in [-0.25, -0.2) is 28.3 Å². The number of piperidine rings is 1. The van der Waals surface area contributed by atoms with Gasteiger partial charge in [-0.2, -0.15) is 13.2 Å². The lowest BCUT2D eigenvalue weighted by atomic mass is 9.98. The summed E-state index contributed by atoms with van der Waals surface area (Å²) in [7, 11) is 1.63. The van der Waals surface area contributed by atoms with Gasteiger partial charge in [0.25, 0.3) is 5.91 Å². The highest BCUT2D eigenvalue weighted by molar-refractivity contribution is 7.99. The predicted octanol–water partition coefficient (Wildman–Crippen LogP) is 12.0. The van der Waals surface area contributed by atoms with Crippen LogP contribution in [-0.4, -0.2) is 135 Å². The number of imidazole rings is 1. The molecule has 1 aliphatic rings. The Morgan fingerprint density at radius 1 is 0.708 bits per heavy atom. The zero-order valence-electron chi connectivity index (χ0n) is 52.4. The van der Waals surface area contributed by atoms with Crippen LogP contribution in [0.15, 0.2) is 41.3 Å². The van der Waals surface area contributed by atoms with E-state index in [1.54, 1.807) is 68.5 Å². The number of alkyl carbamates (subject to hydrolysis) is 2. The number of hydrogen-bond donors (Lipinski definition) is 9. The van der Waals surface area contributed by atoms with Crippen molar-refractivity contribution in [3.8, 4) is 0 Å². The molecule has 21 nitrogen and oxygen atoms in total. The zero-order valence-corrected chi connectivity index (χ0v) is 54.0. The van der Waals surface area contributed by atoms with E-state index >= 15 is 0 Å². The summed E-state index contributed by atoms with van der Waals surface area (Å²) in [6.07, 6.45) is -3.26. The van der Waals surface area contributed by atoms with Gasteiger partial charge in [0.15, 0.2) is 5.16 Å². The highest BCUT2D eigenvalue weighted by Crippen LogP contribution is 2.36. The molecule has 2 aromatic heterocycles. The van der Waals surface area contributed by atoms with Crippen LogP contribution in [0.3, 0.4) is 0 Å². The van der Waals surface area contributed by atoms with Crippen molar-refractivity contribution >= 4 is 65.1 Å². The summed E-state index contributed by atoms with van der Waals surface area (Å²) in [4.78, 5) is 89.0. The first-order valence-corrected chi connectivity index (χ1v) is 28.9. The van der Waals surface area contributed by atoms with Gasteiger partial charge in [-0.15, -0.1) is 6.58 Å². The van der Waals surface area contributed by atoms with E-state index in [-0.39, 0.29) is 119 Å². The topological polar surface area (TPSA) is 291 Å². The van der Waals surface area contributed by atoms with Crippen LogP contribution in [0.4, 0.5) is 31.5 Å². The normalized spacial score (nSPS) is 13.6. The third kappa shape index (κ3) is 46.0. The minimum atomic E-state index is -4.51. The third-order valence-electron chi connectivity index (χ3n) is 10.2. The van der Waals surface area contributed by atoms with Crippen molar-refractivity contribution < 1.29 is 65.0 Å². The molecule has 3 heterocycles. The fourth-order valence-electron chi connectivity index (χ4n) is 6.42. The molecule has 2 unspecified atom stereocenters. The number of halogens is 6. The van der Waals surface area contributed by atoms with E-state index in [1.807, 2.05) is 69.2 Å². The minimum absolute atomic E-state index is 0. The van der Waals surface area contributed by atoms with Gasteiger partial charge < -0.3 is 62.3 Å². The number of nitrogens with one attached hydrogen (secondary N) is 8. The molecule has 522 valence electrons. The molecule has 3 rings (SSSR count). The average Bonchev–Trinajstić information content (AvgIpc) is 2.49. The van der Waals surface area contributed by atoms with Gasteiger partial charge in [-0.05, 0) is 160 Å². The molecule has 0 radical (unpaired) electrons. The molecule has 4 atom stereocenters. The Kier molecular flexibility index (Phi) is 51.3. The Balaban J connectivity index is -0.000000191. The van der Waals surface area contributed by atoms with Crippen molar-refractivity contribution in [2.45, 2.75) is 270 Å². The molecule has 1 aliphatic heterocycles. The van der Waals surface area contributed by atoms with Crippen molar-refractivity contribution in [2.24, 2.45) is 24.6 Å². The number of alkyl halides is 5. The molecule has 89 heavy (non-hydrogen) atoms. The largest absolute Gasteiger partial charge is 0.444 e. The summed E-state index contributed by atoms with van der Waals surface area (Å²) in [5.41, 5.74) is 3.66. The molecular weight excluding hydrogens is 1210 g/mol. The van der Waals surface area contributed by atoms with Gasteiger partial charge in [0.05, 0.1) is 28.7 Å². The van der Waals surface area contributed by atoms with Crippen LogP contribution in [-0.2, 0) is 41.9 Å². The highest BCUT2D eigenvalue weighted by atomic mass is 35.5. The Morgan fingerprint density at radius 2 is 1.15 bits per heavy atom. The first-order chi connectivity index (χ1) is 38.4. The third-order valence-corrected chi connectivity index (χ3v) is 11.6. The maximum atomic E-state index is 12.6. The lowest BCUT2D eigenvalue weighted by Crippen LogP contribution is -2.50. The van der Waals surface area contributed by atoms with Gasteiger partial charge in [0.1, 0.15) is 34.0 Å². The van der Waals surface area contributed by atoms with E-state index in [0.717, 1.165) is 43.8 Å². The number of hydrogen-bond acceptors (Lipinski definition) is 14. The van der Waals surface area contributed by atoms with Crippen LogP contribution in [0.5, 0.6) is 0 Å². The van der Waals surface area contributed by atoms with E-state index < -0.39 is 66.0 Å². The quantitative estimate of drug-likeness (QED) is 0.0467. The molecule has 1 fully saturated rings. The van der Waals surface area contributed by atoms with E-state index in [0.29, 0.717) is 23.5 Å². The van der Waals surface area contributed by atoms with Crippen LogP contribution in [0.2, 0.25) is 5.02 Å². The maximum absolute atomic E-state index is 12.6. The van der Waals surface area contributed by atoms with Crippen LogP contribution in [0, 0.1) is 11.8 Å². The summed E-state index contributed by atoms with van der Waals surface area (Å²) >= 11 is 6.85. The first-order valence-electron chi connectivity index (χ1n) is 27.7. The molecule has 28 heteroatoms. The van der Waals surface area contributed by atoms with E-state index in [4.69, 9.17) is 26.8 Å². The average molecular weight is 1320 g/mol. The molecule has 7 amide bonds. The number of nitrogens with two attached hydrogens (primary N) is 1. The molecule has 0 spiro atoms. The second kappa shape index (κ2) is 47.2. The predicted molar refractivity (Wildman–Crippen MR) is 351 cm³/mol. The number of ether oxygens (including phenoxy) is 2. The number of aromatic nitrogens is 3. The number of pyridine rings is 1. The molecule has 2 aromatic rings. The Morgan fingerprint density at radius 3 is 1.52 bits per heavy atom. The fraction of sp³-hybridized carbons (Fsp3) is 0.721. The van der Waals surface area contributed by atoms with E-state index in [9.17, 15) is 55.5 Å². The van der Waals surface area contributed by atoms with Crippen molar-refractivity contribution in [3.63, 3.8) is 0 Å². The van der Waals surface area contributed by atoms with Crippen LogP contribution >= 0.6 is 23.4 Å². The molecule has 0 saturated carbocycles. The molecule has 1 saturated heterocycles. The van der Waals surface area contributed by atoms with Crippen LogP contribution in [0.1, 0.15) is 203 Å². The molecule has 0 bridgehead atoms. The zero-order chi connectivity index (χ0) is 65.6. The summed E-state index contributed by atoms with van der Waals surface area (Å²) in [6.45, 7) is 38.2. The van der Waals surface area contributed by atoms with Crippen molar-refractivity contribution in [1.82, 2.24) is 57.1 Å². The minimum Gasteiger partial charge on any atom is -0.444 e. The van der Waals surface area contributed by atoms with Crippen molar-refractivity contribution in [2.75, 3.05) is 13.1 Å². The summed E-state index contributed by atoms with van der Waals surface area (Å²) < 4.78 is 74.2. The monoisotopic (exact) mass is 1320 g/mol. The molecule has 10 N–H and O–H groups in total. The fourth-order valence-corrected chi connectivity index (χ4v) is 7.47. The van der Waals surface area contributed by atoms with Gasteiger partial charge >= 0.3 is 18.4 Å². The standard InChI is InChI=1S/C14H14ClF3N4OS.C13H24N2O3.C12H22F2N2O3.C9H18N2O.C8H18N2O.5CH4/c1-7(2)21-11(23)10-6-20-13(22(10)3)24-12-9(15)4-8(5-19-12)14(16,17)18;1-7-8-10(11(16)14-9(2)3)15-12(17)18-13(4,5)6;1-7(2)15-10(17)8(6-9(13)14)16-11(18)19-12(3,4)5;1-7(2)11-9(12)8-4-3-5-10-6-8;1-5(2)7(9)8(11)10-6(3)4;;;;;/h4-7H,1-3H3,(H,21,23);7,9-10H,1,8H2,2-6H3,(H,14,16)(H,15,17);7-9H,6H2,1-5H3,(H,15,17)(H,16,18);7-8,10H,3-6H2,1-2H3,(H,11,12);5-7H,9H2,1-4H3,(H,10,11);5*1H4/t;;8-;;7-;;;;;/m..0.0...../s1. The lowest BCUT2D eigenvalue weighted by molar-refractivity contribution is -0.138. The summed E-state index contributed by atoms with van der Waals surface area (Å²) in [5.74, 6) is -0.641. The number of carbonyl (C=O) groups excluding carboxylic acids is 7. The van der Waals surface area contributed by atoms with Crippen molar-refractivity contribution in [1.29, 1.82) is 0 Å². The van der Waals surface area contributed by atoms with Gasteiger partial charge in [0, 0.05) is 56.4 Å². The van der Waals surface area contributed by atoms with Gasteiger partial charge in [0.2, 0.25) is 30.1 Å². The Labute approximate surface area is 539 Å². The van der Waals surface area contributed by atoms with E-state index in [2.05, 4.69) is 59.1 Å². The van der Waals surface area contributed by atoms with E-state index in [1.165, 1.54) is 10.8 Å². The second-order valence-electron chi connectivity index (χ2n) is 23.2. The molecule has 0 aliphatic carbocycles. The number of rotatable bonds is 19. The van der Waals surface area contributed by atoms with Crippen LogP contribution < -0.4 is 48.3 Å². The number of carbonyl (C=O) groups is 7. The van der Waals surface area contributed by atoms with Crippen LogP contribution in [0.25, 0.3) is 0 Å². The molecule has 0 aromatic carbocycles. The second-order valence-corrected chi connectivity index (χ2v) is 24.6. The maximum Gasteiger partial charge on any atom is 0.417 e. The van der Waals surface area contributed by atoms with Gasteiger partial charge in [-0.1, -0.05) is 68.7 Å². The Hall–Kier alpha value is -5.80. The van der Waals surface area contributed by atoms with Gasteiger partial charge in [-0.3, -0.25) is 24.0 Å². The SMILES string of the molecule is C.C.C.C.C.C=CCC(NC(=O)OC(C)(C)C)C(=O)NC(C)C.CC(C)NC(=O)C1CCCNC1.CC(C)NC(=O)[C@@H](N)C(C)C.CC(C)NC(=O)[C@H](CC(F)F)NC(=O)OC(C)(C)C.CC(C)NC(=O)c1cnc(Sc2ncc(C(F)(F)F)cc2Cl)n1C. The molecular formula is C61H116ClF5N12O9S. The highest BCUT2D eigenvalue weighted by Gasteiger charge is 2.32. The Bertz CT molecular complexity index is 2360. The first kappa shape index (κ1) is 96.8. The summed E-state index contributed by atoms with van der Waals surface area (Å²) in [6, 6.07) is -1.30. The summed E-state index contributed by atoms with van der Waals surface area (Å²) in [5, 5.41) is 22.0. The smallest absolute Gasteiger partial charge is 0.417 e. The lowest BCUT2D eigenvalue weighted by Gasteiger charge is -2.23. The number of nitrogens with zero attached hydrogens (tertiary/aromatic N) is 3. The number of amides is 7. The van der Waals surface area contributed by atoms with Crippen molar-refractivity contribution in [3.05, 3.63) is 47.4 Å².